The first-order chi connectivity index (χ1) is 13.6. The molecule has 1 amide bonds. The van der Waals surface area contributed by atoms with Crippen LogP contribution in [0.4, 0.5) is 5.69 Å². The zero-order valence-corrected chi connectivity index (χ0v) is 15.1. The predicted molar refractivity (Wildman–Crippen MR) is 99.4 cm³/mol. The summed E-state index contributed by atoms with van der Waals surface area (Å²) in [6.45, 7) is -0.552. The fourth-order valence-corrected chi connectivity index (χ4v) is 2.61. The van der Waals surface area contributed by atoms with E-state index in [4.69, 9.17) is 18.6 Å². The molecule has 8 heteroatoms. The highest BCUT2D eigenvalue weighted by molar-refractivity contribution is 6.04. The maximum absolute atomic E-state index is 12.3. The molecule has 0 fully saturated rings. The van der Waals surface area contributed by atoms with Crippen molar-refractivity contribution in [3.8, 4) is 17.6 Å². The van der Waals surface area contributed by atoms with E-state index in [-0.39, 0.29) is 17.0 Å². The molecular formula is C20H16N2O6. The van der Waals surface area contributed by atoms with Crippen LogP contribution in [0.1, 0.15) is 16.1 Å². The van der Waals surface area contributed by atoms with E-state index < -0.39 is 18.5 Å². The molecule has 1 aromatic heterocycles. The van der Waals surface area contributed by atoms with E-state index >= 15 is 0 Å². The van der Waals surface area contributed by atoms with Gasteiger partial charge in [-0.1, -0.05) is 12.1 Å². The van der Waals surface area contributed by atoms with Crippen LogP contribution in [0.15, 0.2) is 46.9 Å². The van der Waals surface area contributed by atoms with Gasteiger partial charge in [0, 0.05) is 5.39 Å². The number of benzene rings is 2. The van der Waals surface area contributed by atoms with Gasteiger partial charge in [0.15, 0.2) is 6.61 Å². The van der Waals surface area contributed by atoms with E-state index in [2.05, 4.69) is 5.32 Å². The fraction of sp³-hybridized carbons (Fsp3) is 0.150. The monoisotopic (exact) mass is 380 g/mol. The number of amides is 1. The Balaban J connectivity index is 1.72. The van der Waals surface area contributed by atoms with Gasteiger partial charge in [0.05, 0.1) is 14.2 Å². The summed E-state index contributed by atoms with van der Waals surface area (Å²) in [7, 11) is 2.88. The minimum absolute atomic E-state index is 0.0321. The van der Waals surface area contributed by atoms with Gasteiger partial charge >= 0.3 is 5.97 Å². The third-order valence-electron chi connectivity index (χ3n) is 3.92. The molecule has 2 aromatic carbocycles. The summed E-state index contributed by atoms with van der Waals surface area (Å²) in [5.41, 5.74) is 0.826. The molecule has 3 aromatic rings. The number of methoxy groups -OCH3 is 2. The third-order valence-corrected chi connectivity index (χ3v) is 3.92. The molecule has 1 N–H and O–H groups in total. The maximum Gasteiger partial charge on any atom is 0.342 e. The van der Waals surface area contributed by atoms with Crippen molar-refractivity contribution in [2.24, 2.45) is 0 Å². The second kappa shape index (κ2) is 8.14. The second-order valence-corrected chi connectivity index (χ2v) is 5.60. The molecule has 0 aliphatic carbocycles. The molecule has 0 bridgehead atoms. The van der Waals surface area contributed by atoms with Crippen molar-refractivity contribution >= 4 is 28.5 Å². The number of carbonyl (C=O) groups excluding carboxylic acids is 2. The van der Waals surface area contributed by atoms with Crippen LogP contribution in [0.5, 0.6) is 11.5 Å². The van der Waals surface area contributed by atoms with Gasteiger partial charge in [0.2, 0.25) is 5.76 Å². The number of hydrogen-bond acceptors (Lipinski definition) is 7. The van der Waals surface area contributed by atoms with Gasteiger partial charge in [0.25, 0.3) is 5.91 Å². The van der Waals surface area contributed by atoms with E-state index in [1.54, 1.807) is 36.4 Å². The third kappa shape index (κ3) is 3.73. The Morgan fingerprint density at radius 2 is 1.93 bits per heavy atom. The Morgan fingerprint density at radius 1 is 1.14 bits per heavy atom. The summed E-state index contributed by atoms with van der Waals surface area (Å²) >= 11 is 0. The molecule has 0 saturated heterocycles. The molecule has 28 heavy (non-hydrogen) atoms. The minimum Gasteiger partial charge on any atom is -0.497 e. The number of fused-ring (bicyclic) bond motifs is 1. The molecule has 0 aliphatic rings. The zero-order chi connectivity index (χ0) is 20.1. The predicted octanol–water partition coefficient (Wildman–Crippen LogP) is 3.12. The first-order valence-electron chi connectivity index (χ1n) is 8.18. The number of rotatable bonds is 6. The molecule has 0 saturated carbocycles. The number of furan rings is 1. The number of carbonyl (C=O) groups is 2. The summed E-state index contributed by atoms with van der Waals surface area (Å²) < 4.78 is 20.7. The number of anilines is 1. The number of nitriles is 1. The standard InChI is InChI=1S/C20H16N2O6/c1-25-12-7-8-15(26-2)14(9-12)20(24)27-11-18(23)22-19-13-5-3-4-6-16(13)28-17(19)10-21/h3-9H,11H2,1-2H3,(H,22,23). The average molecular weight is 380 g/mol. The summed E-state index contributed by atoms with van der Waals surface area (Å²) in [6, 6.07) is 13.4. The van der Waals surface area contributed by atoms with Gasteiger partial charge in [-0.3, -0.25) is 4.79 Å². The first kappa shape index (κ1) is 18.8. The van der Waals surface area contributed by atoms with Gasteiger partial charge in [-0.15, -0.1) is 0 Å². The largest absolute Gasteiger partial charge is 0.497 e. The number of nitrogens with one attached hydrogen (secondary N) is 1. The molecular weight excluding hydrogens is 364 g/mol. The Morgan fingerprint density at radius 3 is 2.64 bits per heavy atom. The lowest BCUT2D eigenvalue weighted by molar-refractivity contribution is -0.119. The highest BCUT2D eigenvalue weighted by Crippen LogP contribution is 2.30. The van der Waals surface area contributed by atoms with Crippen LogP contribution in [0, 0.1) is 11.3 Å². The second-order valence-electron chi connectivity index (χ2n) is 5.60. The van der Waals surface area contributed by atoms with Crippen LogP contribution in [0.25, 0.3) is 11.0 Å². The normalized spacial score (nSPS) is 10.2. The van der Waals surface area contributed by atoms with Crippen LogP contribution in [0.2, 0.25) is 0 Å². The van der Waals surface area contributed by atoms with Gasteiger partial charge in [-0.25, -0.2) is 4.79 Å². The molecule has 0 unspecified atom stereocenters. The van der Waals surface area contributed by atoms with Crippen molar-refractivity contribution in [3.63, 3.8) is 0 Å². The molecule has 1 heterocycles. The lowest BCUT2D eigenvalue weighted by atomic mass is 10.2. The molecule has 0 radical (unpaired) electrons. The highest BCUT2D eigenvalue weighted by Gasteiger charge is 2.19. The van der Waals surface area contributed by atoms with Gasteiger partial charge < -0.3 is 23.9 Å². The Kier molecular flexibility index (Phi) is 5.46. The highest BCUT2D eigenvalue weighted by atomic mass is 16.5. The van der Waals surface area contributed by atoms with Crippen molar-refractivity contribution in [1.82, 2.24) is 0 Å². The average Bonchev–Trinajstić information content (AvgIpc) is 3.09. The van der Waals surface area contributed by atoms with Gasteiger partial charge in [-0.2, -0.15) is 5.26 Å². The van der Waals surface area contributed by atoms with Gasteiger partial charge in [0.1, 0.15) is 34.4 Å². The van der Waals surface area contributed by atoms with E-state index in [1.165, 1.54) is 20.3 Å². The van der Waals surface area contributed by atoms with E-state index in [0.29, 0.717) is 22.5 Å². The molecule has 3 rings (SSSR count). The van der Waals surface area contributed by atoms with Crippen molar-refractivity contribution in [2.75, 3.05) is 26.1 Å². The SMILES string of the molecule is COc1ccc(OC)c(C(=O)OCC(=O)Nc2c(C#N)oc3ccccc23)c1. The lowest BCUT2D eigenvalue weighted by Gasteiger charge is -2.10. The van der Waals surface area contributed by atoms with Crippen LogP contribution in [0.3, 0.4) is 0 Å². The Bertz CT molecular complexity index is 1080. The summed E-state index contributed by atoms with van der Waals surface area (Å²) in [5, 5.41) is 12.3. The van der Waals surface area contributed by atoms with E-state index in [0.717, 1.165) is 0 Å². The number of esters is 1. The smallest absolute Gasteiger partial charge is 0.342 e. The molecule has 0 aliphatic heterocycles. The number of hydrogen-bond donors (Lipinski definition) is 1. The van der Waals surface area contributed by atoms with Gasteiger partial charge in [-0.05, 0) is 30.3 Å². The minimum atomic E-state index is -0.747. The van der Waals surface area contributed by atoms with Crippen LogP contribution >= 0.6 is 0 Å². The molecule has 142 valence electrons. The Hall–Kier alpha value is -3.99. The van der Waals surface area contributed by atoms with Crippen LogP contribution in [-0.2, 0) is 9.53 Å². The number of para-hydroxylation sites is 1. The summed E-state index contributed by atoms with van der Waals surface area (Å²) in [5.74, 6) is -0.656. The quantitative estimate of drug-likeness (QED) is 0.654. The maximum atomic E-state index is 12.3. The van der Waals surface area contributed by atoms with E-state index in [9.17, 15) is 14.9 Å². The van der Waals surface area contributed by atoms with Crippen molar-refractivity contribution in [1.29, 1.82) is 5.26 Å². The van der Waals surface area contributed by atoms with Crippen molar-refractivity contribution in [2.45, 2.75) is 0 Å². The lowest BCUT2D eigenvalue weighted by Crippen LogP contribution is -2.21. The van der Waals surface area contributed by atoms with E-state index in [1.807, 2.05) is 6.07 Å². The fourth-order valence-electron chi connectivity index (χ4n) is 2.61. The van der Waals surface area contributed by atoms with Crippen molar-refractivity contribution < 1.29 is 28.2 Å². The molecule has 8 nitrogen and oxygen atoms in total. The van der Waals surface area contributed by atoms with Crippen molar-refractivity contribution in [3.05, 3.63) is 53.8 Å². The molecule has 0 spiro atoms. The number of ether oxygens (including phenoxy) is 3. The van der Waals surface area contributed by atoms with Crippen LogP contribution < -0.4 is 14.8 Å². The Labute approximate surface area is 160 Å². The summed E-state index contributed by atoms with van der Waals surface area (Å²) in [4.78, 5) is 24.6. The summed E-state index contributed by atoms with van der Waals surface area (Å²) in [6.07, 6.45) is 0. The first-order valence-corrected chi connectivity index (χ1v) is 8.18. The number of nitrogens with zero attached hydrogens (tertiary/aromatic N) is 1. The van der Waals surface area contributed by atoms with Crippen LogP contribution in [-0.4, -0.2) is 32.7 Å². The topological polar surface area (TPSA) is 111 Å². The molecule has 0 atom stereocenters. The zero-order valence-electron chi connectivity index (χ0n) is 15.1.